The molecule has 2 aliphatic heterocycles. The number of carbonyl (C=O) groups is 2. The first-order valence-electron chi connectivity index (χ1n) is 11.6. The average molecular weight is 466 g/mol. The fourth-order valence-electron chi connectivity index (χ4n) is 5.12. The second-order valence-electron chi connectivity index (χ2n) is 9.81. The van der Waals surface area contributed by atoms with E-state index in [4.69, 9.17) is 11.6 Å². The molecule has 1 fully saturated rings. The van der Waals surface area contributed by atoms with E-state index in [0.717, 1.165) is 36.1 Å². The van der Waals surface area contributed by atoms with Gasteiger partial charge in [-0.15, -0.1) is 0 Å². The van der Waals surface area contributed by atoms with Crippen LogP contribution in [0.3, 0.4) is 0 Å². The molecule has 0 radical (unpaired) electrons. The minimum absolute atomic E-state index is 0.101. The van der Waals surface area contributed by atoms with Crippen LogP contribution in [-0.2, 0) is 11.3 Å². The van der Waals surface area contributed by atoms with Crippen molar-refractivity contribution in [3.63, 3.8) is 0 Å². The van der Waals surface area contributed by atoms with Gasteiger partial charge >= 0.3 is 6.03 Å². The third-order valence-electron chi connectivity index (χ3n) is 6.77. The summed E-state index contributed by atoms with van der Waals surface area (Å²) >= 11 is 6.23. The molecule has 0 spiro atoms. The molecular weight excluding hydrogens is 434 g/mol. The number of carbonyl (C=O) groups excluding carboxylic acids is 2. The Labute approximate surface area is 201 Å². The van der Waals surface area contributed by atoms with Crippen LogP contribution in [-0.4, -0.2) is 28.9 Å². The summed E-state index contributed by atoms with van der Waals surface area (Å²) in [5.41, 5.74) is 5.75. The van der Waals surface area contributed by atoms with Crippen molar-refractivity contribution >= 4 is 35.3 Å². The summed E-state index contributed by atoms with van der Waals surface area (Å²) in [5.74, 6) is 0.0743. The number of benzene rings is 2. The maximum Gasteiger partial charge on any atom is 0.329 e. The predicted octanol–water partition coefficient (Wildman–Crippen LogP) is 6.24. The van der Waals surface area contributed by atoms with Crippen molar-refractivity contribution in [2.75, 3.05) is 11.4 Å². The highest BCUT2D eigenvalue weighted by Gasteiger charge is 2.37. The zero-order chi connectivity index (χ0) is 23.9. The van der Waals surface area contributed by atoms with E-state index in [2.05, 4.69) is 57.0 Å². The zero-order valence-electron chi connectivity index (χ0n) is 20.0. The molecule has 2 aromatic rings. The van der Waals surface area contributed by atoms with Gasteiger partial charge in [0.05, 0.1) is 6.54 Å². The Kier molecular flexibility index (Phi) is 6.28. The normalized spacial score (nSPS) is 20.9. The number of nitrogens with one attached hydrogen (secondary N) is 1. The van der Waals surface area contributed by atoms with Crippen LogP contribution in [0.4, 0.5) is 10.5 Å². The van der Waals surface area contributed by atoms with Crippen LogP contribution in [0.1, 0.15) is 68.7 Å². The van der Waals surface area contributed by atoms with Gasteiger partial charge in [0.25, 0.3) is 5.91 Å². The highest BCUT2D eigenvalue weighted by molar-refractivity contribution is 6.31. The lowest BCUT2D eigenvalue weighted by Crippen LogP contribution is -2.48. The second-order valence-corrected chi connectivity index (χ2v) is 10.2. The molecule has 5 nitrogen and oxygen atoms in total. The molecular formula is C27H32ClN3O2. The fraction of sp³-hybridized carbons (Fsp3) is 0.407. The Hall–Kier alpha value is -2.79. The molecule has 33 heavy (non-hydrogen) atoms. The number of urea groups is 1. The summed E-state index contributed by atoms with van der Waals surface area (Å²) < 4.78 is 0. The lowest BCUT2D eigenvalue weighted by Gasteiger charge is -2.48. The maximum absolute atomic E-state index is 13.0. The summed E-state index contributed by atoms with van der Waals surface area (Å²) in [6.45, 7) is 12.3. The van der Waals surface area contributed by atoms with Gasteiger partial charge in [-0.2, -0.15) is 0 Å². The first-order chi connectivity index (χ1) is 15.6. The van der Waals surface area contributed by atoms with E-state index >= 15 is 0 Å². The van der Waals surface area contributed by atoms with Crippen molar-refractivity contribution in [3.05, 3.63) is 69.4 Å². The molecule has 0 aliphatic carbocycles. The smallest absolute Gasteiger partial charge is 0.329 e. The number of hydrogen-bond donors (Lipinski definition) is 1. The Morgan fingerprint density at radius 3 is 2.64 bits per heavy atom. The van der Waals surface area contributed by atoms with Crippen LogP contribution in [0.15, 0.2) is 42.1 Å². The first-order valence-corrected chi connectivity index (χ1v) is 12.0. The molecule has 4 rings (SSSR count). The van der Waals surface area contributed by atoms with Crippen molar-refractivity contribution < 1.29 is 9.59 Å². The fourth-order valence-corrected chi connectivity index (χ4v) is 5.32. The predicted molar refractivity (Wildman–Crippen MR) is 134 cm³/mol. The monoisotopic (exact) mass is 465 g/mol. The molecule has 0 bridgehead atoms. The molecule has 0 aromatic heterocycles. The van der Waals surface area contributed by atoms with Gasteiger partial charge in [0.1, 0.15) is 5.70 Å². The highest BCUT2D eigenvalue weighted by atomic mass is 35.5. The van der Waals surface area contributed by atoms with Crippen molar-refractivity contribution in [2.24, 2.45) is 0 Å². The Balaban J connectivity index is 1.66. The van der Waals surface area contributed by atoms with Gasteiger partial charge in [0.15, 0.2) is 0 Å². The number of rotatable bonds is 5. The van der Waals surface area contributed by atoms with Crippen LogP contribution in [0.2, 0.25) is 5.02 Å². The molecule has 1 atom stereocenters. The van der Waals surface area contributed by atoms with Crippen LogP contribution >= 0.6 is 11.6 Å². The summed E-state index contributed by atoms with van der Waals surface area (Å²) in [7, 11) is 0. The summed E-state index contributed by atoms with van der Waals surface area (Å²) in [6, 6.07) is 11.2. The van der Waals surface area contributed by atoms with Gasteiger partial charge in [-0.1, -0.05) is 43.6 Å². The van der Waals surface area contributed by atoms with E-state index in [1.54, 1.807) is 12.1 Å². The average Bonchev–Trinajstić information content (AvgIpc) is 3.00. The Bertz CT molecular complexity index is 1140. The van der Waals surface area contributed by atoms with Crippen LogP contribution in [0, 0.1) is 6.92 Å². The molecule has 174 valence electrons. The van der Waals surface area contributed by atoms with E-state index in [-0.39, 0.29) is 18.0 Å². The van der Waals surface area contributed by atoms with E-state index in [0.29, 0.717) is 16.6 Å². The molecule has 2 aliphatic rings. The lowest BCUT2D eigenvalue weighted by molar-refractivity contribution is -0.123. The summed E-state index contributed by atoms with van der Waals surface area (Å²) in [6.07, 6.45) is 3.96. The lowest BCUT2D eigenvalue weighted by atomic mass is 9.79. The zero-order valence-corrected chi connectivity index (χ0v) is 20.8. The largest absolute Gasteiger partial charge is 0.366 e. The molecule has 1 saturated heterocycles. The van der Waals surface area contributed by atoms with Gasteiger partial charge in [-0.05, 0) is 86.1 Å². The topological polar surface area (TPSA) is 52.7 Å². The number of aryl methyl sites for hydroxylation is 1. The number of nitrogens with zero attached hydrogens (tertiary/aromatic N) is 2. The second kappa shape index (κ2) is 8.86. The molecule has 2 aromatic carbocycles. The number of halogens is 1. The van der Waals surface area contributed by atoms with Crippen LogP contribution in [0.5, 0.6) is 0 Å². The molecule has 6 heteroatoms. The first kappa shape index (κ1) is 23.4. The van der Waals surface area contributed by atoms with E-state index < -0.39 is 6.03 Å². The quantitative estimate of drug-likeness (QED) is 0.419. The van der Waals surface area contributed by atoms with Gasteiger partial charge in [0.2, 0.25) is 0 Å². The summed E-state index contributed by atoms with van der Waals surface area (Å²) in [5, 5.41) is 3.28. The highest BCUT2D eigenvalue weighted by Crippen LogP contribution is 2.44. The molecule has 2 heterocycles. The van der Waals surface area contributed by atoms with E-state index in [9.17, 15) is 9.59 Å². The molecule has 1 N–H and O–H groups in total. The number of amides is 3. The van der Waals surface area contributed by atoms with Crippen LogP contribution in [0.25, 0.3) is 6.08 Å². The number of anilines is 1. The van der Waals surface area contributed by atoms with Gasteiger partial charge < -0.3 is 10.2 Å². The van der Waals surface area contributed by atoms with Crippen molar-refractivity contribution in [1.82, 2.24) is 10.2 Å². The maximum atomic E-state index is 13.0. The molecule has 0 saturated carbocycles. The van der Waals surface area contributed by atoms with Crippen molar-refractivity contribution in [1.29, 1.82) is 0 Å². The standard InChI is InChI=1S/C27H32ClN3O2/c1-6-11-31-24-12-17(2)20(13-21(24)18(3)15-27(31,4)5)14-23-25(32)30(26(33)29-23)16-19-9-7-8-10-22(19)28/h7-10,12-14,18H,6,11,15-16H2,1-5H3,(H,29,33)/b23-14+. The van der Waals surface area contributed by atoms with Crippen molar-refractivity contribution in [2.45, 2.75) is 65.5 Å². The Morgan fingerprint density at radius 2 is 1.94 bits per heavy atom. The Morgan fingerprint density at radius 1 is 1.21 bits per heavy atom. The van der Waals surface area contributed by atoms with Gasteiger partial charge in [0, 0.05) is 22.8 Å². The number of hydrogen-bond acceptors (Lipinski definition) is 3. The minimum Gasteiger partial charge on any atom is -0.366 e. The van der Waals surface area contributed by atoms with Crippen LogP contribution < -0.4 is 10.2 Å². The van der Waals surface area contributed by atoms with Crippen molar-refractivity contribution in [3.8, 4) is 0 Å². The van der Waals surface area contributed by atoms with E-state index in [1.165, 1.54) is 16.2 Å². The number of fused-ring (bicyclic) bond motifs is 1. The third-order valence-corrected chi connectivity index (χ3v) is 7.14. The van der Waals surface area contributed by atoms with Gasteiger partial charge in [-0.25, -0.2) is 4.79 Å². The summed E-state index contributed by atoms with van der Waals surface area (Å²) in [4.78, 5) is 29.3. The number of imide groups is 1. The molecule has 3 amide bonds. The van der Waals surface area contributed by atoms with E-state index in [1.807, 2.05) is 18.2 Å². The SMILES string of the molecule is CCCN1c2cc(C)c(/C=C3/NC(=O)N(Cc4ccccc4Cl)C3=O)cc2C(C)CC1(C)C. The van der Waals surface area contributed by atoms with Gasteiger partial charge in [-0.3, -0.25) is 9.69 Å². The minimum atomic E-state index is -0.425. The third kappa shape index (κ3) is 4.39. The molecule has 1 unspecified atom stereocenters.